The Morgan fingerprint density at radius 1 is 1.27 bits per heavy atom. The molecule has 68 valence electrons. The molecule has 2 heteroatoms. The Morgan fingerprint density at radius 3 is 2.36 bits per heavy atom. The fraction of sp³-hybridized carbons (Fsp3) is 1.00. The minimum absolute atomic E-state index is 0.622. The smallest absolute Gasteiger partial charge is 0.0186 e. The molecule has 2 nitrogen and oxygen atoms in total. The number of hydrazine groups is 1. The molecule has 0 aliphatic rings. The van der Waals surface area contributed by atoms with Crippen LogP contribution in [0.1, 0.15) is 39.5 Å². The Balaban J connectivity index is 3.15. The normalized spacial score (nSPS) is 13.9. The van der Waals surface area contributed by atoms with Gasteiger partial charge < -0.3 is 0 Å². The van der Waals surface area contributed by atoms with Gasteiger partial charge in [-0.2, -0.15) is 0 Å². The number of nitrogens with zero attached hydrogens (tertiary/aromatic N) is 1. The van der Waals surface area contributed by atoms with Crippen molar-refractivity contribution in [3.8, 4) is 0 Å². The second kappa shape index (κ2) is 6.62. The van der Waals surface area contributed by atoms with Crippen molar-refractivity contribution in [2.75, 3.05) is 14.1 Å². The molecule has 0 bridgehead atoms. The maximum atomic E-state index is 3.33. The van der Waals surface area contributed by atoms with Crippen molar-refractivity contribution in [2.24, 2.45) is 0 Å². The molecule has 1 atom stereocenters. The van der Waals surface area contributed by atoms with E-state index in [4.69, 9.17) is 0 Å². The third-order valence-electron chi connectivity index (χ3n) is 1.72. The molecule has 0 aliphatic heterocycles. The van der Waals surface area contributed by atoms with Gasteiger partial charge in [0.25, 0.3) is 0 Å². The summed E-state index contributed by atoms with van der Waals surface area (Å²) in [6.45, 7) is 4.47. The monoisotopic (exact) mass is 158 g/mol. The zero-order valence-electron chi connectivity index (χ0n) is 8.35. The Morgan fingerprint density at radius 2 is 1.91 bits per heavy atom. The quantitative estimate of drug-likeness (QED) is 0.470. The Bertz CT molecular complexity index is 81.6. The molecule has 11 heavy (non-hydrogen) atoms. The van der Waals surface area contributed by atoms with Gasteiger partial charge in [0.15, 0.2) is 0 Å². The summed E-state index contributed by atoms with van der Waals surface area (Å²) in [7, 11) is 4.08. The van der Waals surface area contributed by atoms with E-state index in [0.29, 0.717) is 6.04 Å². The van der Waals surface area contributed by atoms with Gasteiger partial charge in [0, 0.05) is 20.1 Å². The van der Waals surface area contributed by atoms with E-state index in [2.05, 4.69) is 19.3 Å². The van der Waals surface area contributed by atoms with E-state index in [0.717, 1.165) is 0 Å². The van der Waals surface area contributed by atoms with Gasteiger partial charge in [0.2, 0.25) is 0 Å². The predicted molar refractivity (Wildman–Crippen MR) is 50.4 cm³/mol. The highest BCUT2D eigenvalue weighted by molar-refractivity contribution is 4.56. The van der Waals surface area contributed by atoms with Gasteiger partial charge in [-0.1, -0.05) is 26.2 Å². The third-order valence-corrected chi connectivity index (χ3v) is 1.72. The van der Waals surface area contributed by atoms with Crippen molar-refractivity contribution in [2.45, 2.75) is 45.6 Å². The van der Waals surface area contributed by atoms with E-state index >= 15 is 0 Å². The second-order valence-electron chi connectivity index (χ2n) is 3.42. The zero-order chi connectivity index (χ0) is 8.69. The maximum Gasteiger partial charge on any atom is 0.0186 e. The highest BCUT2D eigenvalue weighted by Gasteiger charge is 2.00. The van der Waals surface area contributed by atoms with E-state index in [9.17, 15) is 0 Å². The maximum absolute atomic E-state index is 3.33. The summed E-state index contributed by atoms with van der Waals surface area (Å²) >= 11 is 0. The molecule has 1 N–H and O–H groups in total. The van der Waals surface area contributed by atoms with Crippen LogP contribution in [0.5, 0.6) is 0 Å². The number of hydrogen-bond donors (Lipinski definition) is 1. The van der Waals surface area contributed by atoms with Crippen LogP contribution in [0.4, 0.5) is 0 Å². The lowest BCUT2D eigenvalue weighted by molar-refractivity contribution is 0.241. The van der Waals surface area contributed by atoms with Crippen molar-refractivity contribution in [3.05, 3.63) is 0 Å². The Hall–Kier alpha value is -0.0800. The van der Waals surface area contributed by atoms with E-state index in [1.807, 2.05) is 19.1 Å². The molecular weight excluding hydrogens is 136 g/mol. The molecule has 0 amide bonds. The molecule has 0 aromatic carbocycles. The predicted octanol–water partition coefficient (Wildman–Crippen LogP) is 2.02. The molecule has 0 saturated heterocycles. The molecule has 0 aromatic rings. The summed E-state index contributed by atoms with van der Waals surface area (Å²) in [6.07, 6.45) is 5.30. The topological polar surface area (TPSA) is 15.3 Å². The number of nitrogens with one attached hydrogen (secondary N) is 1. The molecule has 0 rings (SSSR count). The highest BCUT2D eigenvalue weighted by atomic mass is 15.5. The van der Waals surface area contributed by atoms with E-state index in [1.54, 1.807) is 0 Å². The van der Waals surface area contributed by atoms with Gasteiger partial charge in [0.1, 0.15) is 0 Å². The molecule has 1 unspecified atom stereocenters. The summed E-state index contributed by atoms with van der Waals surface area (Å²) in [5.74, 6) is 0. The van der Waals surface area contributed by atoms with Gasteiger partial charge >= 0.3 is 0 Å². The molecule has 0 aromatic heterocycles. The van der Waals surface area contributed by atoms with Crippen LogP contribution in [-0.4, -0.2) is 25.1 Å². The summed E-state index contributed by atoms with van der Waals surface area (Å²) in [4.78, 5) is 0. The summed E-state index contributed by atoms with van der Waals surface area (Å²) in [5.41, 5.74) is 3.33. The molecule has 0 saturated carbocycles. The largest absolute Gasteiger partial charge is 0.253 e. The van der Waals surface area contributed by atoms with E-state index in [1.165, 1.54) is 25.7 Å². The first-order valence-corrected chi connectivity index (χ1v) is 4.60. The third kappa shape index (κ3) is 7.82. The summed E-state index contributed by atoms with van der Waals surface area (Å²) < 4.78 is 0. The fourth-order valence-corrected chi connectivity index (χ4v) is 1.21. The van der Waals surface area contributed by atoms with Crippen molar-refractivity contribution >= 4 is 0 Å². The van der Waals surface area contributed by atoms with E-state index in [-0.39, 0.29) is 0 Å². The van der Waals surface area contributed by atoms with E-state index < -0.39 is 0 Å². The zero-order valence-corrected chi connectivity index (χ0v) is 8.35. The van der Waals surface area contributed by atoms with Crippen LogP contribution in [-0.2, 0) is 0 Å². The van der Waals surface area contributed by atoms with Crippen LogP contribution in [0, 0.1) is 0 Å². The number of hydrogen-bond acceptors (Lipinski definition) is 2. The van der Waals surface area contributed by atoms with Crippen molar-refractivity contribution < 1.29 is 0 Å². The minimum Gasteiger partial charge on any atom is -0.253 e. The first kappa shape index (κ1) is 10.9. The van der Waals surface area contributed by atoms with Gasteiger partial charge in [0.05, 0.1) is 0 Å². The Kier molecular flexibility index (Phi) is 6.57. The van der Waals surface area contributed by atoms with Crippen LogP contribution < -0.4 is 5.43 Å². The standard InChI is InChI=1S/C9H22N2/c1-5-6-7-8-9(2)10-11(3)4/h9-10H,5-8H2,1-4H3. The van der Waals surface area contributed by atoms with Gasteiger partial charge in [-0.25, -0.2) is 0 Å². The first-order chi connectivity index (χ1) is 5.16. The van der Waals surface area contributed by atoms with Crippen molar-refractivity contribution in [1.29, 1.82) is 0 Å². The van der Waals surface area contributed by atoms with Crippen LogP contribution in [0.25, 0.3) is 0 Å². The SMILES string of the molecule is CCCCCC(C)NN(C)C. The summed E-state index contributed by atoms with van der Waals surface area (Å²) in [6, 6.07) is 0.622. The summed E-state index contributed by atoms with van der Waals surface area (Å²) in [5, 5.41) is 2.02. The van der Waals surface area contributed by atoms with Gasteiger partial charge in [-0.05, 0) is 13.3 Å². The van der Waals surface area contributed by atoms with Gasteiger partial charge in [-0.3, -0.25) is 10.4 Å². The highest BCUT2D eigenvalue weighted by Crippen LogP contribution is 2.02. The fourth-order valence-electron chi connectivity index (χ4n) is 1.21. The lowest BCUT2D eigenvalue weighted by Gasteiger charge is -2.18. The molecule has 0 fully saturated rings. The van der Waals surface area contributed by atoms with Crippen LogP contribution in [0.15, 0.2) is 0 Å². The van der Waals surface area contributed by atoms with Gasteiger partial charge in [-0.15, -0.1) is 0 Å². The van der Waals surface area contributed by atoms with Crippen LogP contribution in [0.2, 0.25) is 0 Å². The Labute approximate surface area is 70.9 Å². The minimum atomic E-state index is 0.622. The first-order valence-electron chi connectivity index (χ1n) is 4.60. The van der Waals surface area contributed by atoms with Crippen LogP contribution in [0.3, 0.4) is 0 Å². The van der Waals surface area contributed by atoms with Crippen molar-refractivity contribution in [3.63, 3.8) is 0 Å². The lowest BCUT2D eigenvalue weighted by atomic mass is 10.1. The van der Waals surface area contributed by atoms with Crippen molar-refractivity contribution in [1.82, 2.24) is 10.4 Å². The molecule has 0 radical (unpaired) electrons. The lowest BCUT2D eigenvalue weighted by Crippen LogP contribution is -2.37. The molecule has 0 spiro atoms. The molecule has 0 aliphatic carbocycles. The average molecular weight is 158 g/mol. The average Bonchev–Trinajstić information content (AvgIpc) is 1.86. The number of rotatable bonds is 6. The van der Waals surface area contributed by atoms with Crippen LogP contribution >= 0.6 is 0 Å². The molecular formula is C9H22N2. The number of unbranched alkanes of at least 4 members (excludes halogenated alkanes) is 2. The second-order valence-corrected chi connectivity index (χ2v) is 3.42. The molecule has 0 heterocycles.